The van der Waals surface area contributed by atoms with Gasteiger partial charge in [-0.2, -0.15) is 5.10 Å². The van der Waals surface area contributed by atoms with Crippen LogP contribution in [0.2, 0.25) is 0 Å². The second-order valence-electron chi connectivity index (χ2n) is 6.60. The SMILES string of the molecule is CCC(C)CC(=O)N1CCC(Oc2ccc(-n3cccn3)nn2)CC1. The molecule has 1 atom stereocenters. The van der Waals surface area contributed by atoms with Crippen LogP contribution >= 0.6 is 0 Å². The zero-order valence-corrected chi connectivity index (χ0v) is 14.8. The number of ether oxygens (including phenoxy) is 1. The Kier molecular flexibility index (Phi) is 5.63. The van der Waals surface area contributed by atoms with Gasteiger partial charge >= 0.3 is 0 Å². The summed E-state index contributed by atoms with van der Waals surface area (Å²) in [7, 11) is 0. The fraction of sp³-hybridized carbons (Fsp3) is 0.556. The van der Waals surface area contributed by atoms with E-state index in [-0.39, 0.29) is 12.0 Å². The Hall–Kier alpha value is -2.44. The molecule has 1 fully saturated rings. The number of carbonyl (C=O) groups is 1. The second kappa shape index (κ2) is 8.09. The molecule has 7 heteroatoms. The van der Waals surface area contributed by atoms with Crippen LogP contribution in [0.15, 0.2) is 30.6 Å². The molecule has 2 aromatic rings. The highest BCUT2D eigenvalue weighted by atomic mass is 16.5. The van der Waals surface area contributed by atoms with Crippen molar-refractivity contribution < 1.29 is 9.53 Å². The van der Waals surface area contributed by atoms with Gasteiger partial charge in [0.25, 0.3) is 0 Å². The summed E-state index contributed by atoms with van der Waals surface area (Å²) < 4.78 is 7.57. The van der Waals surface area contributed by atoms with Crippen molar-refractivity contribution >= 4 is 5.91 Å². The zero-order chi connectivity index (χ0) is 17.6. The number of carbonyl (C=O) groups excluding carboxylic acids is 1. The molecule has 0 saturated carbocycles. The second-order valence-corrected chi connectivity index (χ2v) is 6.60. The van der Waals surface area contributed by atoms with Gasteiger partial charge < -0.3 is 9.64 Å². The summed E-state index contributed by atoms with van der Waals surface area (Å²) in [5.41, 5.74) is 0. The molecule has 2 aromatic heterocycles. The van der Waals surface area contributed by atoms with E-state index in [4.69, 9.17) is 4.74 Å². The van der Waals surface area contributed by atoms with Crippen LogP contribution in [0, 0.1) is 5.92 Å². The number of hydrogen-bond donors (Lipinski definition) is 0. The Bertz CT molecular complexity index is 663. The summed E-state index contributed by atoms with van der Waals surface area (Å²) in [4.78, 5) is 14.2. The van der Waals surface area contributed by atoms with Gasteiger partial charge in [0.2, 0.25) is 11.8 Å². The van der Waals surface area contributed by atoms with Crippen LogP contribution in [0.4, 0.5) is 0 Å². The quantitative estimate of drug-likeness (QED) is 0.805. The van der Waals surface area contributed by atoms with E-state index in [9.17, 15) is 4.79 Å². The molecule has 0 N–H and O–H groups in total. The molecule has 1 saturated heterocycles. The maximum atomic E-state index is 12.2. The van der Waals surface area contributed by atoms with E-state index in [2.05, 4.69) is 29.1 Å². The van der Waals surface area contributed by atoms with Crippen molar-refractivity contribution in [1.29, 1.82) is 0 Å². The van der Waals surface area contributed by atoms with E-state index in [1.54, 1.807) is 10.9 Å². The van der Waals surface area contributed by atoms with Crippen molar-refractivity contribution in [2.24, 2.45) is 5.92 Å². The van der Waals surface area contributed by atoms with Gasteiger partial charge in [-0.25, -0.2) is 4.68 Å². The first-order valence-electron chi connectivity index (χ1n) is 8.94. The van der Waals surface area contributed by atoms with Crippen LogP contribution < -0.4 is 4.74 Å². The van der Waals surface area contributed by atoms with Crippen LogP contribution in [-0.4, -0.2) is 50.0 Å². The number of likely N-dealkylation sites (tertiary alicyclic amines) is 1. The van der Waals surface area contributed by atoms with Gasteiger partial charge in [-0.15, -0.1) is 10.2 Å². The van der Waals surface area contributed by atoms with Crippen LogP contribution in [-0.2, 0) is 4.79 Å². The Morgan fingerprint density at radius 1 is 1.32 bits per heavy atom. The van der Waals surface area contributed by atoms with Gasteiger partial charge in [-0.05, 0) is 18.1 Å². The highest BCUT2D eigenvalue weighted by molar-refractivity contribution is 5.76. The maximum absolute atomic E-state index is 12.2. The molecule has 1 aliphatic heterocycles. The van der Waals surface area contributed by atoms with Crippen molar-refractivity contribution in [3.63, 3.8) is 0 Å². The fourth-order valence-electron chi connectivity index (χ4n) is 2.87. The number of hydrogen-bond acceptors (Lipinski definition) is 5. The first-order valence-corrected chi connectivity index (χ1v) is 8.94. The lowest BCUT2D eigenvalue weighted by atomic mass is 10.0. The Labute approximate surface area is 148 Å². The summed E-state index contributed by atoms with van der Waals surface area (Å²) in [5, 5.41) is 12.4. The van der Waals surface area contributed by atoms with Crippen molar-refractivity contribution in [3.05, 3.63) is 30.6 Å². The predicted octanol–water partition coefficient (Wildman–Crippen LogP) is 2.47. The summed E-state index contributed by atoms with van der Waals surface area (Å²) in [6.45, 7) is 5.74. The largest absolute Gasteiger partial charge is 0.473 e. The van der Waals surface area contributed by atoms with E-state index in [0.29, 0.717) is 24.0 Å². The molecule has 3 rings (SSSR count). The molecule has 25 heavy (non-hydrogen) atoms. The van der Waals surface area contributed by atoms with Crippen molar-refractivity contribution in [2.75, 3.05) is 13.1 Å². The number of amides is 1. The van der Waals surface area contributed by atoms with Crippen LogP contribution in [0.1, 0.15) is 39.5 Å². The molecule has 0 radical (unpaired) electrons. The third-order valence-corrected chi connectivity index (χ3v) is 4.67. The zero-order valence-electron chi connectivity index (χ0n) is 14.8. The standard InChI is InChI=1S/C18H25N5O2/c1-3-14(2)13-18(24)22-11-7-15(8-12-22)25-17-6-5-16(20-21-17)23-10-4-9-19-23/h4-6,9-10,14-15H,3,7-8,11-13H2,1-2H3. The van der Waals surface area contributed by atoms with Gasteiger partial charge in [0.1, 0.15) is 6.10 Å². The highest BCUT2D eigenvalue weighted by Crippen LogP contribution is 2.19. The Balaban J connectivity index is 1.48. The first kappa shape index (κ1) is 17.4. The summed E-state index contributed by atoms with van der Waals surface area (Å²) in [5.74, 6) is 1.88. The predicted molar refractivity (Wildman–Crippen MR) is 93.5 cm³/mol. The third kappa shape index (κ3) is 4.55. The Morgan fingerprint density at radius 2 is 2.12 bits per heavy atom. The molecular formula is C18H25N5O2. The molecule has 1 unspecified atom stereocenters. The minimum Gasteiger partial charge on any atom is -0.473 e. The Morgan fingerprint density at radius 3 is 2.72 bits per heavy atom. The lowest BCUT2D eigenvalue weighted by molar-refractivity contribution is -0.133. The molecule has 0 spiro atoms. The van der Waals surface area contributed by atoms with Crippen LogP contribution in [0.25, 0.3) is 5.82 Å². The molecule has 0 aromatic carbocycles. The molecule has 7 nitrogen and oxygen atoms in total. The number of nitrogens with zero attached hydrogens (tertiary/aromatic N) is 5. The topological polar surface area (TPSA) is 73.1 Å². The molecular weight excluding hydrogens is 318 g/mol. The van der Waals surface area contributed by atoms with E-state index in [1.165, 1.54) is 0 Å². The molecule has 0 aliphatic carbocycles. The van der Waals surface area contributed by atoms with Crippen molar-refractivity contribution in [2.45, 2.75) is 45.6 Å². The number of aromatic nitrogens is 4. The van der Waals surface area contributed by atoms with Crippen LogP contribution in [0.3, 0.4) is 0 Å². The number of piperidine rings is 1. The maximum Gasteiger partial charge on any atom is 0.233 e. The summed E-state index contributed by atoms with van der Waals surface area (Å²) in [6, 6.07) is 5.48. The average molecular weight is 343 g/mol. The minimum absolute atomic E-state index is 0.0810. The first-order chi connectivity index (χ1) is 12.2. The molecule has 1 aliphatic rings. The average Bonchev–Trinajstić information content (AvgIpc) is 3.17. The van der Waals surface area contributed by atoms with E-state index in [0.717, 1.165) is 32.4 Å². The molecule has 134 valence electrons. The van der Waals surface area contributed by atoms with Gasteiger partial charge in [0.15, 0.2) is 5.82 Å². The smallest absolute Gasteiger partial charge is 0.233 e. The van der Waals surface area contributed by atoms with Gasteiger partial charge in [0.05, 0.1) is 0 Å². The van der Waals surface area contributed by atoms with E-state index in [1.807, 2.05) is 29.3 Å². The van der Waals surface area contributed by atoms with Gasteiger partial charge in [-0.3, -0.25) is 4.79 Å². The monoisotopic (exact) mass is 343 g/mol. The molecule has 3 heterocycles. The van der Waals surface area contributed by atoms with E-state index >= 15 is 0 Å². The van der Waals surface area contributed by atoms with Gasteiger partial charge in [0, 0.05) is 50.8 Å². The molecule has 0 bridgehead atoms. The highest BCUT2D eigenvalue weighted by Gasteiger charge is 2.24. The molecule has 1 amide bonds. The van der Waals surface area contributed by atoms with Gasteiger partial charge in [-0.1, -0.05) is 20.3 Å². The fourth-order valence-corrected chi connectivity index (χ4v) is 2.87. The summed E-state index contributed by atoms with van der Waals surface area (Å²) >= 11 is 0. The van der Waals surface area contributed by atoms with E-state index < -0.39 is 0 Å². The number of rotatable bonds is 6. The van der Waals surface area contributed by atoms with Crippen LogP contribution in [0.5, 0.6) is 5.88 Å². The lowest BCUT2D eigenvalue weighted by Gasteiger charge is -2.32. The third-order valence-electron chi connectivity index (χ3n) is 4.67. The normalized spacial score (nSPS) is 16.6. The van der Waals surface area contributed by atoms with Crippen molar-refractivity contribution in [1.82, 2.24) is 24.9 Å². The van der Waals surface area contributed by atoms with Crippen molar-refractivity contribution in [3.8, 4) is 11.7 Å². The summed E-state index contributed by atoms with van der Waals surface area (Å²) in [6.07, 6.45) is 6.93. The minimum atomic E-state index is 0.0810. The lowest BCUT2D eigenvalue weighted by Crippen LogP contribution is -2.42.